The van der Waals surface area contributed by atoms with E-state index < -0.39 is 0 Å². The monoisotopic (exact) mass is 338 g/mol. The summed E-state index contributed by atoms with van der Waals surface area (Å²) in [5, 5.41) is 3.46. The molecular weight excluding hydrogens is 312 g/mol. The van der Waals surface area contributed by atoms with E-state index in [4.69, 9.17) is 4.74 Å². The molecule has 128 valence electrons. The van der Waals surface area contributed by atoms with Crippen LogP contribution in [-0.2, 0) is 4.79 Å². The number of nitrogens with zero attached hydrogens (tertiary/aromatic N) is 1. The van der Waals surface area contributed by atoms with Crippen LogP contribution in [0.1, 0.15) is 24.0 Å². The first-order valence-electron chi connectivity index (χ1n) is 8.32. The van der Waals surface area contributed by atoms with Crippen molar-refractivity contribution in [3.8, 4) is 5.75 Å². The van der Waals surface area contributed by atoms with Crippen molar-refractivity contribution in [2.45, 2.75) is 26.7 Å². The van der Waals surface area contributed by atoms with Gasteiger partial charge in [-0.2, -0.15) is 0 Å². The van der Waals surface area contributed by atoms with Crippen LogP contribution in [0.4, 0.5) is 0 Å². The van der Waals surface area contributed by atoms with Crippen molar-refractivity contribution in [1.29, 1.82) is 0 Å². The maximum atomic E-state index is 12.4. The number of ether oxygens (including phenoxy) is 1. The summed E-state index contributed by atoms with van der Waals surface area (Å²) >= 11 is 0. The second kappa shape index (κ2) is 8.02. The summed E-state index contributed by atoms with van der Waals surface area (Å²) in [6, 6.07) is 5.98. The van der Waals surface area contributed by atoms with Gasteiger partial charge in [0.2, 0.25) is 0 Å². The molecule has 0 aliphatic carbocycles. The number of aryl methyl sites for hydroxylation is 2. The Morgan fingerprint density at radius 3 is 2.43 bits per heavy atom. The first-order valence-corrected chi connectivity index (χ1v) is 8.32. The maximum Gasteiger partial charge on any atom is 0.260 e. The average Bonchev–Trinajstić information content (AvgIpc) is 2.87. The summed E-state index contributed by atoms with van der Waals surface area (Å²) in [4.78, 5) is 14.4. The van der Waals surface area contributed by atoms with Crippen LogP contribution in [0.25, 0.3) is 0 Å². The molecule has 0 bridgehead atoms. The van der Waals surface area contributed by atoms with Crippen LogP contribution in [0.2, 0.25) is 0 Å². The molecule has 1 N–H and O–H groups in total. The highest BCUT2D eigenvalue weighted by Gasteiger charge is 2.31. The van der Waals surface area contributed by atoms with E-state index in [1.807, 2.05) is 23.1 Å². The molecule has 2 aliphatic rings. The lowest BCUT2D eigenvalue weighted by atomic mass is 9.92. The SMILES string of the molecule is Cc1ccc(OCC(=O)N2CC[C@@H]3CNC[C@@H]3CC2)cc1C.Cl. The zero-order valence-corrected chi connectivity index (χ0v) is 14.8. The Labute approximate surface area is 145 Å². The molecule has 0 unspecified atom stereocenters. The number of carbonyl (C=O) groups excluding carboxylic acids is 1. The molecular formula is C18H27ClN2O2. The third-order valence-corrected chi connectivity index (χ3v) is 5.21. The van der Waals surface area contributed by atoms with E-state index in [2.05, 4.69) is 19.2 Å². The molecule has 23 heavy (non-hydrogen) atoms. The van der Waals surface area contributed by atoms with Gasteiger partial charge in [-0.05, 0) is 74.9 Å². The Hall–Kier alpha value is -1.26. The van der Waals surface area contributed by atoms with Crippen molar-refractivity contribution in [2.75, 3.05) is 32.8 Å². The van der Waals surface area contributed by atoms with E-state index in [0.717, 1.165) is 56.6 Å². The molecule has 1 aromatic rings. The standard InChI is InChI=1S/C18H26N2O2.ClH/c1-13-3-4-17(9-14(13)2)22-12-18(21)20-7-5-15-10-19-11-16(15)6-8-20;/h3-4,9,15-16,19H,5-8,10-12H2,1-2H3;1H/t15-,16+;. The Balaban J connectivity index is 0.00000192. The van der Waals surface area contributed by atoms with Gasteiger partial charge in [-0.25, -0.2) is 0 Å². The van der Waals surface area contributed by atoms with Crippen LogP contribution in [-0.4, -0.2) is 43.6 Å². The Morgan fingerprint density at radius 2 is 1.83 bits per heavy atom. The molecule has 2 saturated heterocycles. The van der Waals surface area contributed by atoms with E-state index in [1.54, 1.807) is 0 Å². The summed E-state index contributed by atoms with van der Waals surface area (Å²) in [7, 11) is 0. The van der Waals surface area contributed by atoms with Crippen molar-refractivity contribution in [3.63, 3.8) is 0 Å². The first-order chi connectivity index (χ1) is 10.6. The predicted molar refractivity (Wildman–Crippen MR) is 94.3 cm³/mol. The van der Waals surface area contributed by atoms with Crippen molar-refractivity contribution in [3.05, 3.63) is 29.3 Å². The average molecular weight is 339 g/mol. The van der Waals surface area contributed by atoms with Gasteiger partial charge in [-0.15, -0.1) is 12.4 Å². The fourth-order valence-electron chi connectivity index (χ4n) is 3.51. The lowest BCUT2D eigenvalue weighted by Crippen LogP contribution is -2.36. The van der Waals surface area contributed by atoms with Gasteiger partial charge < -0.3 is 15.0 Å². The molecule has 0 spiro atoms. The van der Waals surface area contributed by atoms with Gasteiger partial charge in [-0.1, -0.05) is 6.07 Å². The van der Waals surface area contributed by atoms with Gasteiger partial charge in [-0.3, -0.25) is 4.79 Å². The summed E-state index contributed by atoms with van der Waals surface area (Å²) in [5.41, 5.74) is 2.44. The van der Waals surface area contributed by atoms with Crippen molar-refractivity contribution in [1.82, 2.24) is 10.2 Å². The van der Waals surface area contributed by atoms with Crippen molar-refractivity contribution >= 4 is 18.3 Å². The molecule has 2 aliphatic heterocycles. The molecule has 0 saturated carbocycles. The highest BCUT2D eigenvalue weighted by molar-refractivity contribution is 5.85. The van der Waals surface area contributed by atoms with Gasteiger partial charge >= 0.3 is 0 Å². The molecule has 1 amide bonds. The fraction of sp³-hybridized carbons (Fsp3) is 0.611. The minimum Gasteiger partial charge on any atom is -0.484 e. The number of nitrogens with one attached hydrogen (secondary N) is 1. The number of rotatable bonds is 3. The third-order valence-electron chi connectivity index (χ3n) is 5.21. The van der Waals surface area contributed by atoms with E-state index in [-0.39, 0.29) is 24.9 Å². The quantitative estimate of drug-likeness (QED) is 0.921. The van der Waals surface area contributed by atoms with Gasteiger partial charge in [0.05, 0.1) is 0 Å². The largest absolute Gasteiger partial charge is 0.484 e. The van der Waals surface area contributed by atoms with E-state index in [0.29, 0.717) is 0 Å². The van der Waals surface area contributed by atoms with Crippen LogP contribution >= 0.6 is 12.4 Å². The third kappa shape index (κ3) is 4.39. The molecule has 2 heterocycles. The maximum absolute atomic E-state index is 12.4. The molecule has 3 rings (SSSR count). The summed E-state index contributed by atoms with van der Waals surface area (Å²) in [5.74, 6) is 2.40. The van der Waals surface area contributed by atoms with Gasteiger partial charge in [0.1, 0.15) is 5.75 Å². The number of halogens is 1. The highest BCUT2D eigenvalue weighted by Crippen LogP contribution is 2.27. The van der Waals surface area contributed by atoms with E-state index >= 15 is 0 Å². The molecule has 1 aromatic carbocycles. The molecule has 0 aromatic heterocycles. The smallest absolute Gasteiger partial charge is 0.260 e. The van der Waals surface area contributed by atoms with Gasteiger partial charge in [0.25, 0.3) is 5.91 Å². The number of hydrogen-bond acceptors (Lipinski definition) is 3. The zero-order valence-electron chi connectivity index (χ0n) is 14.0. The van der Waals surface area contributed by atoms with Crippen molar-refractivity contribution < 1.29 is 9.53 Å². The lowest BCUT2D eigenvalue weighted by Gasteiger charge is -2.21. The lowest BCUT2D eigenvalue weighted by molar-refractivity contribution is -0.133. The van der Waals surface area contributed by atoms with Crippen LogP contribution in [0.5, 0.6) is 5.75 Å². The second-order valence-corrected chi connectivity index (χ2v) is 6.67. The topological polar surface area (TPSA) is 41.6 Å². The van der Waals surface area contributed by atoms with Crippen molar-refractivity contribution in [2.24, 2.45) is 11.8 Å². The molecule has 0 radical (unpaired) electrons. The number of benzene rings is 1. The molecule has 5 heteroatoms. The van der Waals surface area contributed by atoms with Crippen LogP contribution in [0, 0.1) is 25.7 Å². The van der Waals surface area contributed by atoms with Crippen LogP contribution < -0.4 is 10.1 Å². The fourth-order valence-corrected chi connectivity index (χ4v) is 3.51. The van der Waals surface area contributed by atoms with Gasteiger partial charge in [0.15, 0.2) is 6.61 Å². The number of hydrogen-bond donors (Lipinski definition) is 1. The summed E-state index contributed by atoms with van der Waals surface area (Å²) in [6.45, 7) is 8.27. The molecule has 2 atom stereocenters. The highest BCUT2D eigenvalue weighted by atomic mass is 35.5. The Bertz CT molecular complexity index is 536. The first kappa shape index (κ1) is 18.1. The normalized spacial score (nSPS) is 23.7. The molecule has 4 nitrogen and oxygen atoms in total. The number of fused-ring (bicyclic) bond motifs is 1. The minimum absolute atomic E-state index is 0. The molecule has 2 fully saturated rings. The summed E-state index contributed by atoms with van der Waals surface area (Å²) in [6.07, 6.45) is 2.24. The summed E-state index contributed by atoms with van der Waals surface area (Å²) < 4.78 is 5.69. The Morgan fingerprint density at radius 1 is 1.17 bits per heavy atom. The van der Waals surface area contributed by atoms with Crippen LogP contribution in [0.3, 0.4) is 0 Å². The predicted octanol–water partition coefficient (Wildman–Crippen LogP) is 2.56. The van der Waals surface area contributed by atoms with E-state index in [1.165, 1.54) is 11.1 Å². The number of carbonyl (C=O) groups is 1. The number of amides is 1. The number of likely N-dealkylation sites (tertiary alicyclic amines) is 1. The van der Waals surface area contributed by atoms with E-state index in [9.17, 15) is 4.79 Å². The zero-order chi connectivity index (χ0) is 15.5. The Kier molecular flexibility index (Phi) is 6.31. The minimum atomic E-state index is 0. The van der Waals surface area contributed by atoms with Gasteiger partial charge in [0, 0.05) is 13.1 Å². The second-order valence-electron chi connectivity index (χ2n) is 6.67. The van der Waals surface area contributed by atoms with Crippen LogP contribution in [0.15, 0.2) is 18.2 Å².